The summed E-state index contributed by atoms with van der Waals surface area (Å²) in [5.74, 6) is -0.132. The average Bonchev–Trinajstić information content (AvgIpc) is 2.40. The summed E-state index contributed by atoms with van der Waals surface area (Å²) >= 11 is 0. The van der Waals surface area contributed by atoms with Gasteiger partial charge in [-0.25, -0.2) is 5.43 Å². The van der Waals surface area contributed by atoms with Crippen LogP contribution in [0.5, 0.6) is 0 Å². The summed E-state index contributed by atoms with van der Waals surface area (Å²) in [5, 5.41) is 7.01. The third-order valence-electron chi connectivity index (χ3n) is 3.48. The molecule has 2 N–H and O–H groups in total. The van der Waals surface area contributed by atoms with Crippen LogP contribution in [0.4, 0.5) is 0 Å². The number of likely N-dealkylation sites (tertiary alicyclic amines) is 1. The van der Waals surface area contributed by atoms with Crippen molar-refractivity contribution in [3.63, 3.8) is 0 Å². The molecule has 0 radical (unpaired) electrons. The van der Waals surface area contributed by atoms with Gasteiger partial charge >= 0.3 is 0 Å². The molecule has 100 valence electrons. The van der Waals surface area contributed by atoms with Gasteiger partial charge in [0.25, 0.3) is 5.91 Å². The van der Waals surface area contributed by atoms with Crippen molar-refractivity contribution >= 4 is 17.5 Å². The fraction of sp³-hybridized carbons (Fsp3) is 0.750. The van der Waals surface area contributed by atoms with E-state index in [0.717, 1.165) is 25.9 Å². The number of hydrogen-bond acceptors (Lipinski definition) is 4. The topological polar surface area (TPSA) is 73.8 Å². The predicted octanol–water partition coefficient (Wildman–Crippen LogP) is -0.147. The predicted molar refractivity (Wildman–Crippen MR) is 68.1 cm³/mol. The summed E-state index contributed by atoms with van der Waals surface area (Å²) in [6.07, 6.45) is 4.06. The van der Waals surface area contributed by atoms with Crippen LogP contribution in [0.2, 0.25) is 0 Å². The smallest absolute Gasteiger partial charge is 0.270 e. The Morgan fingerprint density at radius 3 is 3.00 bits per heavy atom. The Morgan fingerprint density at radius 1 is 1.50 bits per heavy atom. The normalized spacial score (nSPS) is 24.5. The van der Waals surface area contributed by atoms with E-state index in [2.05, 4.69) is 15.8 Å². The monoisotopic (exact) mass is 252 g/mol. The molecule has 0 aromatic heterocycles. The van der Waals surface area contributed by atoms with Crippen LogP contribution in [0.1, 0.15) is 32.1 Å². The minimum Gasteiger partial charge on any atom is -0.333 e. The number of rotatable bonds is 3. The molecule has 0 saturated carbocycles. The highest BCUT2D eigenvalue weighted by Gasteiger charge is 2.30. The minimum atomic E-state index is -0.114. The number of hydrogen-bond donors (Lipinski definition) is 2. The Bertz CT molecular complexity index is 365. The zero-order chi connectivity index (χ0) is 13.0. The quantitative estimate of drug-likeness (QED) is 0.734. The molecular formula is C12H20N4O2. The summed E-state index contributed by atoms with van der Waals surface area (Å²) in [4.78, 5) is 25.3. The van der Waals surface area contributed by atoms with E-state index in [1.54, 1.807) is 0 Å². The summed E-state index contributed by atoms with van der Waals surface area (Å²) in [5.41, 5.74) is 2.87. The van der Waals surface area contributed by atoms with Crippen LogP contribution in [0.25, 0.3) is 0 Å². The number of carbonyl (C=O) groups excluding carboxylic acids is 2. The first-order valence-electron chi connectivity index (χ1n) is 6.53. The lowest BCUT2D eigenvalue weighted by atomic mass is 10.0. The lowest BCUT2D eigenvalue weighted by molar-refractivity contribution is -0.127. The Balaban J connectivity index is 2.04. The molecule has 2 amide bonds. The third kappa shape index (κ3) is 2.87. The fourth-order valence-corrected chi connectivity index (χ4v) is 2.51. The highest BCUT2D eigenvalue weighted by Crippen LogP contribution is 2.18. The van der Waals surface area contributed by atoms with Crippen LogP contribution in [-0.2, 0) is 9.59 Å². The van der Waals surface area contributed by atoms with E-state index in [-0.39, 0.29) is 17.9 Å². The van der Waals surface area contributed by atoms with E-state index < -0.39 is 0 Å². The first-order valence-corrected chi connectivity index (χ1v) is 6.53. The summed E-state index contributed by atoms with van der Waals surface area (Å²) in [6, 6.07) is 0.247. The van der Waals surface area contributed by atoms with Gasteiger partial charge in [0.15, 0.2) is 0 Å². The number of likely N-dealkylation sites (N-methyl/N-ethyl adjacent to an activating group) is 1. The van der Waals surface area contributed by atoms with Crippen molar-refractivity contribution in [2.24, 2.45) is 5.10 Å². The van der Waals surface area contributed by atoms with E-state index in [1.807, 2.05) is 11.9 Å². The number of hydrazone groups is 1. The molecule has 6 heteroatoms. The van der Waals surface area contributed by atoms with Crippen molar-refractivity contribution in [3.05, 3.63) is 0 Å². The Morgan fingerprint density at radius 2 is 2.33 bits per heavy atom. The average molecular weight is 252 g/mol. The van der Waals surface area contributed by atoms with Gasteiger partial charge in [-0.2, -0.15) is 5.10 Å². The van der Waals surface area contributed by atoms with Gasteiger partial charge < -0.3 is 10.2 Å². The highest BCUT2D eigenvalue weighted by molar-refractivity contribution is 6.39. The van der Waals surface area contributed by atoms with Crippen molar-refractivity contribution < 1.29 is 9.59 Å². The molecule has 18 heavy (non-hydrogen) atoms. The second-order valence-electron chi connectivity index (χ2n) is 4.80. The van der Waals surface area contributed by atoms with E-state index in [9.17, 15) is 9.59 Å². The highest BCUT2D eigenvalue weighted by atomic mass is 16.2. The Hall–Kier alpha value is -1.43. The van der Waals surface area contributed by atoms with Crippen LogP contribution < -0.4 is 10.7 Å². The van der Waals surface area contributed by atoms with E-state index in [4.69, 9.17) is 0 Å². The van der Waals surface area contributed by atoms with Crippen LogP contribution in [0.15, 0.2) is 5.10 Å². The zero-order valence-electron chi connectivity index (χ0n) is 10.7. The third-order valence-corrected chi connectivity index (χ3v) is 3.48. The van der Waals surface area contributed by atoms with Gasteiger partial charge in [-0.05, 0) is 26.3 Å². The molecule has 0 bridgehead atoms. The van der Waals surface area contributed by atoms with Crippen molar-refractivity contribution in [3.8, 4) is 0 Å². The van der Waals surface area contributed by atoms with E-state index in [1.165, 1.54) is 6.42 Å². The molecule has 2 aliphatic rings. The Labute approximate surface area is 107 Å². The van der Waals surface area contributed by atoms with Crippen molar-refractivity contribution in [1.29, 1.82) is 0 Å². The summed E-state index contributed by atoms with van der Waals surface area (Å²) < 4.78 is 0. The number of piperidine rings is 1. The molecule has 2 rings (SSSR count). The lowest BCUT2D eigenvalue weighted by Crippen LogP contribution is -2.51. The minimum absolute atomic E-state index is 0.0186. The van der Waals surface area contributed by atoms with Gasteiger partial charge in [0.2, 0.25) is 5.91 Å². The molecule has 0 aromatic rings. The number of carbonyl (C=O) groups is 2. The Kier molecular flexibility index (Phi) is 4.30. The van der Waals surface area contributed by atoms with Crippen LogP contribution >= 0.6 is 0 Å². The van der Waals surface area contributed by atoms with Crippen LogP contribution in [0.3, 0.4) is 0 Å². The molecule has 1 unspecified atom stereocenters. The van der Waals surface area contributed by atoms with Crippen molar-refractivity contribution in [2.45, 2.75) is 38.1 Å². The van der Waals surface area contributed by atoms with Gasteiger partial charge in [0, 0.05) is 32.0 Å². The molecule has 2 aliphatic heterocycles. The first-order chi connectivity index (χ1) is 8.72. The number of nitrogens with zero attached hydrogens (tertiary/aromatic N) is 2. The van der Waals surface area contributed by atoms with Crippen molar-refractivity contribution in [2.75, 3.05) is 20.1 Å². The second-order valence-corrected chi connectivity index (χ2v) is 4.80. The van der Waals surface area contributed by atoms with E-state index in [0.29, 0.717) is 18.6 Å². The van der Waals surface area contributed by atoms with Gasteiger partial charge in [-0.3, -0.25) is 9.59 Å². The van der Waals surface area contributed by atoms with Crippen LogP contribution in [-0.4, -0.2) is 48.6 Å². The molecule has 1 fully saturated rings. The molecule has 2 heterocycles. The molecule has 0 aliphatic carbocycles. The molecule has 1 atom stereocenters. The summed E-state index contributed by atoms with van der Waals surface area (Å²) in [6.45, 7) is 1.60. The largest absolute Gasteiger partial charge is 0.333 e. The summed E-state index contributed by atoms with van der Waals surface area (Å²) in [7, 11) is 1.90. The number of amides is 2. The van der Waals surface area contributed by atoms with Crippen LogP contribution in [0, 0.1) is 0 Å². The second kappa shape index (κ2) is 5.95. The maximum Gasteiger partial charge on any atom is 0.270 e. The SMILES string of the molecule is CNCC1CCCCN1C(=O)C1=NNC(=O)CC1. The first kappa shape index (κ1) is 13.0. The zero-order valence-corrected chi connectivity index (χ0v) is 10.7. The van der Waals surface area contributed by atoms with Crippen molar-refractivity contribution in [1.82, 2.24) is 15.6 Å². The van der Waals surface area contributed by atoms with E-state index >= 15 is 0 Å². The fourth-order valence-electron chi connectivity index (χ4n) is 2.51. The van der Waals surface area contributed by atoms with Gasteiger partial charge in [-0.15, -0.1) is 0 Å². The molecule has 0 spiro atoms. The molecular weight excluding hydrogens is 232 g/mol. The maximum atomic E-state index is 12.4. The molecule has 1 saturated heterocycles. The van der Waals surface area contributed by atoms with Gasteiger partial charge in [-0.1, -0.05) is 0 Å². The lowest BCUT2D eigenvalue weighted by Gasteiger charge is -2.36. The van der Waals surface area contributed by atoms with Gasteiger partial charge in [0.05, 0.1) is 0 Å². The maximum absolute atomic E-state index is 12.4. The molecule has 6 nitrogen and oxygen atoms in total. The standard InChI is InChI=1S/C12H20N4O2/c1-13-8-9-4-2-3-7-16(9)12(18)10-5-6-11(17)15-14-10/h9,13H,2-8H2,1H3,(H,15,17). The van der Waals surface area contributed by atoms with Gasteiger partial charge in [0.1, 0.15) is 5.71 Å². The number of nitrogens with one attached hydrogen (secondary N) is 2. The molecule has 0 aromatic carbocycles.